The summed E-state index contributed by atoms with van der Waals surface area (Å²) in [6.45, 7) is 4.04. The number of fused-ring (bicyclic) bond motifs is 2. The number of aromatic nitrogens is 2. The lowest BCUT2D eigenvalue weighted by molar-refractivity contribution is 0.625. The van der Waals surface area contributed by atoms with Crippen LogP contribution in [-0.2, 0) is 0 Å². The zero-order valence-electron chi connectivity index (χ0n) is 11.9. The summed E-state index contributed by atoms with van der Waals surface area (Å²) >= 11 is 0. The van der Waals surface area contributed by atoms with E-state index in [0.29, 0.717) is 0 Å². The van der Waals surface area contributed by atoms with Crippen molar-refractivity contribution in [3.63, 3.8) is 0 Å². The van der Waals surface area contributed by atoms with Gasteiger partial charge in [-0.15, -0.1) is 0 Å². The second-order valence-electron chi connectivity index (χ2n) is 5.20. The Bertz CT molecular complexity index is 969. The van der Waals surface area contributed by atoms with Crippen molar-refractivity contribution in [3.8, 4) is 11.5 Å². The maximum Gasteiger partial charge on any atom is 0.158 e. The van der Waals surface area contributed by atoms with E-state index in [0.717, 1.165) is 44.7 Å². The van der Waals surface area contributed by atoms with Gasteiger partial charge in [0.15, 0.2) is 5.76 Å². The Kier molecular flexibility index (Phi) is 2.54. The second kappa shape index (κ2) is 4.42. The van der Waals surface area contributed by atoms with E-state index in [-0.39, 0.29) is 0 Å². The average molecular weight is 274 g/mol. The summed E-state index contributed by atoms with van der Waals surface area (Å²) in [7, 11) is 0. The van der Waals surface area contributed by atoms with Crippen molar-refractivity contribution >= 4 is 22.0 Å². The van der Waals surface area contributed by atoms with Gasteiger partial charge in [0.05, 0.1) is 16.7 Å². The maximum atomic E-state index is 6.01. The molecule has 3 heteroatoms. The number of nitrogens with zero attached hydrogens (tertiary/aromatic N) is 2. The lowest BCUT2D eigenvalue weighted by Gasteiger charge is -2.05. The van der Waals surface area contributed by atoms with Crippen molar-refractivity contribution in [2.75, 3.05) is 0 Å². The highest BCUT2D eigenvalue weighted by Crippen LogP contribution is 2.33. The van der Waals surface area contributed by atoms with Crippen LogP contribution in [0.3, 0.4) is 0 Å². The largest absolute Gasteiger partial charge is 0.454 e. The van der Waals surface area contributed by atoms with E-state index in [2.05, 4.69) is 18.0 Å². The number of hydrogen-bond donors (Lipinski definition) is 0. The molecule has 2 aromatic carbocycles. The first-order valence-electron chi connectivity index (χ1n) is 6.96. The molecule has 0 N–H and O–H groups in total. The smallest absolute Gasteiger partial charge is 0.158 e. The number of furan rings is 1. The van der Waals surface area contributed by atoms with E-state index < -0.39 is 0 Å². The minimum atomic E-state index is 0.812. The van der Waals surface area contributed by atoms with Crippen molar-refractivity contribution in [2.24, 2.45) is 0 Å². The van der Waals surface area contributed by atoms with Gasteiger partial charge < -0.3 is 4.42 Å². The van der Waals surface area contributed by atoms with Crippen molar-refractivity contribution in [2.45, 2.75) is 13.8 Å². The Labute approximate surface area is 122 Å². The van der Waals surface area contributed by atoms with Gasteiger partial charge in [-0.05, 0) is 32.0 Å². The van der Waals surface area contributed by atoms with E-state index in [1.165, 1.54) is 0 Å². The van der Waals surface area contributed by atoms with Crippen molar-refractivity contribution in [1.82, 2.24) is 9.97 Å². The first-order valence-corrected chi connectivity index (χ1v) is 6.96. The topological polar surface area (TPSA) is 38.9 Å². The SMILES string of the molecule is Cc1nc2ccccc2nc1-c1oc2ccccc2c1C. The van der Waals surface area contributed by atoms with Gasteiger partial charge >= 0.3 is 0 Å². The maximum absolute atomic E-state index is 6.01. The van der Waals surface area contributed by atoms with Crippen LogP contribution in [0.1, 0.15) is 11.3 Å². The second-order valence-corrected chi connectivity index (χ2v) is 5.20. The fourth-order valence-corrected chi connectivity index (χ4v) is 2.70. The Hall–Kier alpha value is -2.68. The van der Waals surface area contributed by atoms with E-state index in [1.54, 1.807) is 0 Å². The summed E-state index contributed by atoms with van der Waals surface area (Å²) in [4.78, 5) is 9.39. The molecular formula is C18H14N2O. The highest BCUT2D eigenvalue weighted by Gasteiger charge is 2.16. The molecule has 21 heavy (non-hydrogen) atoms. The molecule has 4 rings (SSSR count). The van der Waals surface area contributed by atoms with E-state index in [4.69, 9.17) is 9.40 Å². The van der Waals surface area contributed by atoms with Gasteiger partial charge in [-0.1, -0.05) is 30.3 Å². The van der Waals surface area contributed by atoms with Crippen molar-refractivity contribution in [1.29, 1.82) is 0 Å². The molecule has 0 unspecified atom stereocenters. The van der Waals surface area contributed by atoms with Crippen LogP contribution in [0.25, 0.3) is 33.5 Å². The fraction of sp³-hybridized carbons (Fsp3) is 0.111. The minimum Gasteiger partial charge on any atom is -0.454 e. The van der Waals surface area contributed by atoms with Crippen LogP contribution in [0, 0.1) is 13.8 Å². The first-order chi connectivity index (χ1) is 10.2. The molecule has 0 saturated heterocycles. The standard InChI is InChI=1S/C18H14N2O/c1-11-13-7-3-6-10-16(13)21-18(11)17-12(2)19-14-8-4-5-9-15(14)20-17/h3-10H,1-2H3. The van der Waals surface area contributed by atoms with Gasteiger partial charge in [0.1, 0.15) is 11.3 Å². The molecule has 0 aliphatic carbocycles. The fourth-order valence-electron chi connectivity index (χ4n) is 2.70. The van der Waals surface area contributed by atoms with Crippen LogP contribution in [0.4, 0.5) is 0 Å². The predicted molar refractivity (Wildman–Crippen MR) is 84.2 cm³/mol. The Morgan fingerprint density at radius 3 is 2.24 bits per heavy atom. The number of para-hydroxylation sites is 3. The lowest BCUT2D eigenvalue weighted by atomic mass is 10.1. The van der Waals surface area contributed by atoms with Crippen LogP contribution in [0.5, 0.6) is 0 Å². The van der Waals surface area contributed by atoms with E-state index >= 15 is 0 Å². The molecule has 0 amide bonds. The van der Waals surface area contributed by atoms with Gasteiger partial charge in [-0.2, -0.15) is 0 Å². The Balaban J connectivity index is 2.03. The predicted octanol–water partition coefficient (Wildman–Crippen LogP) is 4.66. The third kappa shape index (κ3) is 1.82. The van der Waals surface area contributed by atoms with Crippen LogP contribution < -0.4 is 0 Å². The summed E-state index contributed by atoms with van der Waals surface area (Å²) in [5.41, 5.74) is 5.50. The van der Waals surface area contributed by atoms with E-state index in [9.17, 15) is 0 Å². The molecule has 0 aliphatic heterocycles. The van der Waals surface area contributed by atoms with E-state index in [1.807, 2.05) is 49.4 Å². The van der Waals surface area contributed by atoms with Gasteiger partial charge in [0.25, 0.3) is 0 Å². The third-order valence-electron chi connectivity index (χ3n) is 3.80. The lowest BCUT2D eigenvalue weighted by Crippen LogP contribution is -1.94. The molecule has 0 aliphatic rings. The third-order valence-corrected chi connectivity index (χ3v) is 3.80. The molecule has 102 valence electrons. The molecular weight excluding hydrogens is 260 g/mol. The number of rotatable bonds is 1. The molecule has 0 spiro atoms. The molecule has 0 saturated carbocycles. The summed E-state index contributed by atoms with van der Waals surface area (Å²) in [6, 6.07) is 16.0. The van der Waals surface area contributed by atoms with Crippen LogP contribution in [0.2, 0.25) is 0 Å². The summed E-state index contributed by atoms with van der Waals surface area (Å²) in [5.74, 6) is 0.812. The average Bonchev–Trinajstić information content (AvgIpc) is 2.84. The highest BCUT2D eigenvalue weighted by molar-refractivity contribution is 5.88. The molecule has 0 fully saturated rings. The van der Waals surface area contributed by atoms with Gasteiger partial charge in [0.2, 0.25) is 0 Å². The van der Waals surface area contributed by atoms with Crippen LogP contribution in [-0.4, -0.2) is 9.97 Å². The first kappa shape index (κ1) is 12.1. The quantitative estimate of drug-likeness (QED) is 0.506. The van der Waals surface area contributed by atoms with Crippen LogP contribution in [0.15, 0.2) is 52.9 Å². The normalized spacial score (nSPS) is 11.3. The summed E-state index contributed by atoms with van der Waals surface area (Å²) in [5, 5.41) is 1.13. The van der Waals surface area contributed by atoms with Gasteiger partial charge in [-0.25, -0.2) is 9.97 Å². The molecule has 4 aromatic rings. The van der Waals surface area contributed by atoms with Crippen molar-refractivity contribution < 1.29 is 4.42 Å². The van der Waals surface area contributed by atoms with Gasteiger partial charge in [-0.3, -0.25) is 0 Å². The molecule has 2 heterocycles. The Morgan fingerprint density at radius 1 is 0.810 bits per heavy atom. The number of benzene rings is 2. The zero-order chi connectivity index (χ0) is 14.4. The molecule has 3 nitrogen and oxygen atoms in total. The molecule has 2 aromatic heterocycles. The Morgan fingerprint density at radius 2 is 1.48 bits per heavy atom. The van der Waals surface area contributed by atoms with Gasteiger partial charge in [0, 0.05) is 10.9 Å². The number of aryl methyl sites for hydroxylation is 2. The molecule has 0 radical (unpaired) electrons. The summed E-state index contributed by atoms with van der Waals surface area (Å²) < 4.78 is 6.01. The minimum absolute atomic E-state index is 0.812. The zero-order valence-corrected chi connectivity index (χ0v) is 11.9. The molecule has 0 atom stereocenters. The van der Waals surface area contributed by atoms with Crippen molar-refractivity contribution in [3.05, 3.63) is 59.8 Å². The number of hydrogen-bond acceptors (Lipinski definition) is 3. The highest BCUT2D eigenvalue weighted by atomic mass is 16.3. The van der Waals surface area contributed by atoms with Crippen LogP contribution >= 0.6 is 0 Å². The monoisotopic (exact) mass is 274 g/mol. The molecule has 0 bridgehead atoms. The summed E-state index contributed by atoms with van der Waals surface area (Å²) in [6.07, 6.45) is 0.